The predicted octanol–water partition coefficient (Wildman–Crippen LogP) is 3.03. The zero-order valence-electron chi connectivity index (χ0n) is 13.3. The van der Waals surface area contributed by atoms with Gasteiger partial charge in [-0.25, -0.2) is 0 Å². The van der Waals surface area contributed by atoms with E-state index in [-0.39, 0.29) is 6.10 Å². The summed E-state index contributed by atoms with van der Waals surface area (Å²) in [5.74, 6) is 2.52. The van der Waals surface area contributed by atoms with Gasteiger partial charge in [-0.15, -0.1) is 0 Å². The average molecular weight is 288 g/mol. The maximum Gasteiger partial charge on any atom is 0.120 e. The number of rotatable bonds is 4. The van der Waals surface area contributed by atoms with Crippen molar-refractivity contribution in [3.8, 4) is 5.75 Å². The molecule has 2 N–H and O–H groups in total. The summed E-state index contributed by atoms with van der Waals surface area (Å²) in [4.78, 5) is 2.58. The van der Waals surface area contributed by atoms with Crippen LogP contribution in [0.5, 0.6) is 5.75 Å². The van der Waals surface area contributed by atoms with Gasteiger partial charge < -0.3 is 10.5 Å². The Labute approximate surface area is 128 Å². The van der Waals surface area contributed by atoms with Gasteiger partial charge in [0.1, 0.15) is 5.75 Å². The lowest BCUT2D eigenvalue weighted by Crippen LogP contribution is -2.38. The Morgan fingerprint density at radius 3 is 2.90 bits per heavy atom. The third-order valence-corrected chi connectivity index (χ3v) is 4.91. The number of likely N-dealkylation sites (tertiary alicyclic amines) is 1. The molecule has 21 heavy (non-hydrogen) atoms. The van der Waals surface area contributed by atoms with Crippen molar-refractivity contribution in [3.05, 3.63) is 29.8 Å². The molecule has 2 aliphatic rings. The zero-order valence-corrected chi connectivity index (χ0v) is 13.3. The maximum atomic E-state index is 6.31. The summed E-state index contributed by atoms with van der Waals surface area (Å²) in [5, 5.41) is 0. The summed E-state index contributed by atoms with van der Waals surface area (Å²) in [5.41, 5.74) is 7.66. The smallest absolute Gasteiger partial charge is 0.120 e. The van der Waals surface area contributed by atoms with Crippen molar-refractivity contribution in [1.29, 1.82) is 0 Å². The highest BCUT2D eigenvalue weighted by molar-refractivity contribution is 5.28. The Balaban J connectivity index is 1.62. The topological polar surface area (TPSA) is 38.5 Å². The van der Waals surface area contributed by atoms with Crippen LogP contribution in [-0.2, 0) is 6.54 Å². The van der Waals surface area contributed by atoms with Crippen molar-refractivity contribution in [2.75, 3.05) is 13.1 Å². The quantitative estimate of drug-likeness (QED) is 0.925. The Kier molecular flexibility index (Phi) is 4.51. The van der Waals surface area contributed by atoms with Gasteiger partial charge in [0.2, 0.25) is 0 Å². The molecule has 3 rings (SSSR count). The van der Waals surface area contributed by atoms with Crippen molar-refractivity contribution < 1.29 is 4.74 Å². The van der Waals surface area contributed by atoms with Crippen LogP contribution >= 0.6 is 0 Å². The number of ether oxygens (including phenoxy) is 1. The molecule has 3 atom stereocenters. The molecule has 0 amide bonds. The lowest BCUT2D eigenvalue weighted by Gasteiger charge is -2.29. The minimum Gasteiger partial charge on any atom is -0.491 e. The van der Waals surface area contributed by atoms with Crippen molar-refractivity contribution in [3.63, 3.8) is 0 Å². The van der Waals surface area contributed by atoms with E-state index in [0.29, 0.717) is 12.0 Å². The first-order valence-electron chi connectivity index (χ1n) is 8.35. The second-order valence-corrected chi connectivity index (χ2v) is 7.03. The van der Waals surface area contributed by atoms with E-state index in [1.165, 1.54) is 37.9 Å². The average Bonchev–Trinajstić information content (AvgIpc) is 2.82. The maximum absolute atomic E-state index is 6.31. The Morgan fingerprint density at radius 1 is 1.29 bits per heavy atom. The van der Waals surface area contributed by atoms with E-state index in [1.54, 1.807) is 0 Å². The third kappa shape index (κ3) is 3.58. The van der Waals surface area contributed by atoms with Gasteiger partial charge in [-0.05, 0) is 56.2 Å². The largest absolute Gasteiger partial charge is 0.491 e. The van der Waals surface area contributed by atoms with Crippen molar-refractivity contribution in [2.45, 2.75) is 51.8 Å². The second kappa shape index (κ2) is 6.37. The number of hydrogen-bond donors (Lipinski definition) is 1. The van der Waals surface area contributed by atoms with Gasteiger partial charge in [0, 0.05) is 25.7 Å². The molecule has 0 spiro atoms. The number of nitrogens with two attached hydrogens (primary N) is 1. The molecular weight excluding hydrogens is 260 g/mol. The molecule has 116 valence electrons. The van der Waals surface area contributed by atoms with Crippen LogP contribution in [0.25, 0.3) is 0 Å². The third-order valence-electron chi connectivity index (χ3n) is 4.91. The Bertz CT molecular complexity index is 474. The van der Waals surface area contributed by atoms with Crippen molar-refractivity contribution in [1.82, 2.24) is 4.90 Å². The monoisotopic (exact) mass is 288 g/mol. The number of hydrogen-bond acceptors (Lipinski definition) is 3. The molecule has 1 aromatic rings. The second-order valence-electron chi connectivity index (χ2n) is 7.03. The molecule has 1 aliphatic carbocycles. The van der Waals surface area contributed by atoms with Gasteiger partial charge in [0.15, 0.2) is 0 Å². The van der Waals surface area contributed by atoms with Gasteiger partial charge >= 0.3 is 0 Å². The Hall–Kier alpha value is -1.06. The molecule has 1 saturated heterocycles. The van der Waals surface area contributed by atoms with Crippen LogP contribution in [0.2, 0.25) is 0 Å². The van der Waals surface area contributed by atoms with Gasteiger partial charge in [0.25, 0.3) is 0 Å². The summed E-state index contributed by atoms with van der Waals surface area (Å²) < 4.78 is 5.79. The van der Waals surface area contributed by atoms with Crippen LogP contribution in [0.1, 0.15) is 38.7 Å². The van der Waals surface area contributed by atoms with E-state index in [9.17, 15) is 0 Å². The fourth-order valence-corrected chi connectivity index (χ4v) is 3.99. The first kappa shape index (κ1) is 14.9. The standard InChI is InChI=1S/C18H28N2O/c1-13(2)21-16-7-3-5-14(9-16)10-20-11-15-6-4-8-18(19)17(15)12-20/h3,5,7,9,13,15,17-18H,4,6,8,10-12,19H2,1-2H3. The van der Waals surface area contributed by atoms with Gasteiger partial charge in [-0.1, -0.05) is 18.6 Å². The van der Waals surface area contributed by atoms with E-state index < -0.39 is 0 Å². The summed E-state index contributed by atoms with van der Waals surface area (Å²) >= 11 is 0. The van der Waals surface area contributed by atoms with Crippen molar-refractivity contribution >= 4 is 0 Å². The fourth-order valence-electron chi connectivity index (χ4n) is 3.99. The molecule has 0 bridgehead atoms. The molecule has 1 aromatic carbocycles. The lowest BCUT2D eigenvalue weighted by molar-refractivity contribution is 0.241. The number of benzene rings is 1. The van der Waals surface area contributed by atoms with E-state index in [1.807, 2.05) is 6.07 Å². The van der Waals surface area contributed by atoms with Gasteiger partial charge in [-0.3, -0.25) is 4.90 Å². The molecule has 1 saturated carbocycles. The SMILES string of the molecule is CC(C)Oc1cccc(CN2CC3CCCC(N)C3C2)c1. The summed E-state index contributed by atoms with van der Waals surface area (Å²) in [6, 6.07) is 8.95. The molecule has 1 aliphatic heterocycles. The van der Waals surface area contributed by atoms with E-state index in [4.69, 9.17) is 10.5 Å². The summed E-state index contributed by atoms with van der Waals surface area (Å²) in [6.45, 7) is 7.54. The normalized spacial score (nSPS) is 29.6. The van der Waals surface area contributed by atoms with Gasteiger partial charge in [0.05, 0.1) is 6.10 Å². The summed E-state index contributed by atoms with van der Waals surface area (Å²) in [6.07, 6.45) is 4.12. The first-order chi connectivity index (χ1) is 10.1. The molecule has 0 radical (unpaired) electrons. The first-order valence-corrected chi connectivity index (χ1v) is 8.35. The highest BCUT2D eigenvalue weighted by Gasteiger charge is 2.38. The van der Waals surface area contributed by atoms with Crippen LogP contribution < -0.4 is 10.5 Å². The lowest BCUT2D eigenvalue weighted by atomic mass is 9.78. The minimum absolute atomic E-state index is 0.230. The predicted molar refractivity (Wildman–Crippen MR) is 86.3 cm³/mol. The molecule has 1 heterocycles. The van der Waals surface area contributed by atoms with Crippen LogP contribution in [0.4, 0.5) is 0 Å². The van der Waals surface area contributed by atoms with Crippen molar-refractivity contribution in [2.24, 2.45) is 17.6 Å². The number of nitrogens with zero attached hydrogens (tertiary/aromatic N) is 1. The van der Waals surface area contributed by atoms with Gasteiger partial charge in [-0.2, -0.15) is 0 Å². The van der Waals surface area contributed by atoms with Crippen LogP contribution in [0, 0.1) is 11.8 Å². The molecule has 3 unspecified atom stereocenters. The highest BCUT2D eigenvalue weighted by atomic mass is 16.5. The molecule has 3 heteroatoms. The minimum atomic E-state index is 0.230. The van der Waals surface area contributed by atoms with E-state index in [2.05, 4.69) is 36.9 Å². The van der Waals surface area contributed by atoms with Crippen LogP contribution in [-0.4, -0.2) is 30.1 Å². The molecule has 3 nitrogen and oxygen atoms in total. The molecular formula is C18H28N2O. The number of fused-ring (bicyclic) bond motifs is 1. The highest BCUT2D eigenvalue weighted by Crippen LogP contribution is 2.36. The van der Waals surface area contributed by atoms with Crippen LogP contribution in [0.15, 0.2) is 24.3 Å². The fraction of sp³-hybridized carbons (Fsp3) is 0.667. The zero-order chi connectivity index (χ0) is 14.8. The van der Waals surface area contributed by atoms with E-state index >= 15 is 0 Å². The Morgan fingerprint density at radius 2 is 2.14 bits per heavy atom. The van der Waals surface area contributed by atoms with E-state index in [0.717, 1.165) is 18.2 Å². The van der Waals surface area contributed by atoms with Crippen LogP contribution in [0.3, 0.4) is 0 Å². The summed E-state index contributed by atoms with van der Waals surface area (Å²) in [7, 11) is 0. The molecule has 2 fully saturated rings. The molecule has 0 aromatic heterocycles.